The zero-order valence-electron chi connectivity index (χ0n) is 8.11. The molecule has 0 saturated heterocycles. The monoisotopic (exact) mass is 267 g/mol. The van der Waals surface area contributed by atoms with Crippen molar-refractivity contribution in [3.05, 3.63) is 28.9 Å². The molecule has 3 N–H and O–H groups in total. The molecule has 0 bridgehead atoms. The fourth-order valence-corrected chi connectivity index (χ4v) is 1.96. The average Bonchev–Trinajstić information content (AvgIpc) is 2.49. The Morgan fingerprint density at radius 3 is 2.67 bits per heavy atom. The van der Waals surface area contributed by atoms with Crippen LogP contribution in [0.4, 0.5) is 5.82 Å². The van der Waals surface area contributed by atoms with Gasteiger partial charge in [-0.05, 0) is 18.2 Å². The maximum atomic E-state index is 9.28. The van der Waals surface area contributed by atoms with E-state index in [9.17, 15) is 5.11 Å². The standard InChI is InChI=1S/C10H10BrN3O/c1-14-10(12)8(5-13-14)7-3-2-6(15)4-9(7)11/h2-5,15H,12H2,1H3. The van der Waals surface area contributed by atoms with Crippen LogP contribution < -0.4 is 5.73 Å². The van der Waals surface area contributed by atoms with Crippen LogP contribution in [0.25, 0.3) is 11.1 Å². The first-order valence-corrected chi connectivity index (χ1v) is 5.15. The van der Waals surface area contributed by atoms with Crippen molar-refractivity contribution in [2.75, 3.05) is 5.73 Å². The second-order valence-electron chi connectivity index (χ2n) is 3.23. The number of nitrogens with zero attached hydrogens (tertiary/aromatic N) is 2. The Hall–Kier alpha value is -1.49. The second-order valence-corrected chi connectivity index (χ2v) is 4.09. The second kappa shape index (κ2) is 3.58. The Morgan fingerprint density at radius 2 is 2.13 bits per heavy atom. The topological polar surface area (TPSA) is 64.1 Å². The summed E-state index contributed by atoms with van der Waals surface area (Å²) in [6.07, 6.45) is 1.70. The molecule has 5 heteroatoms. The van der Waals surface area contributed by atoms with E-state index in [4.69, 9.17) is 5.73 Å². The molecule has 1 heterocycles. The van der Waals surface area contributed by atoms with Crippen molar-refractivity contribution in [3.63, 3.8) is 0 Å². The van der Waals surface area contributed by atoms with Gasteiger partial charge in [0.1, 0.15) is 11.6 Å². The highest BCUT2D eigenvalue weighted by atomic mass is 79.9. The minimum atomic E-state index is 0.216. The molecular weight excluding hydrogens is 258 g/mol. The molecule has 0 unspecified atom stereocenters. The van der Waals surface area contributed by atoms with Crippen LogP contribution in [0.2, 0.25) is 0 Å². The van der Waals surface area contributed by atoms with Gasteiger partial charge >= 0.3 is 0 Å². The molecule has 2 aromatic rings. The molecule has 0 fully saturated rings. The number of nitrogens with two attached hydrogens (primary N) is 1. The zero-order chi connectivity index (χ0) is 11.0. The van der Waals surface area contributed by atoms with Crippen LogP contribution in [0.1, 0.15) is 0 Å². The lowest BCUT2D eigenvalue weighted by Gasteiger charge is -2.04. The summed E-state index contributed by atoms with van der Waals surface area (Å²) < 4.78 is 2.40. The first kappa shape index (κ1) is 10.0. The number of benzene rings is 1. The summed E-state index contributed by atoms with van der Waals surface area (Å²) in [5.41, 5.74) is 7.63. The highest BCUT2D eigenvalue weighted by Crippen LogP contribution is 2.33. The number of aromatic nitrogens is 2. The molecule has 4 nitrogen and oxygen atoms in total. The Labute approximate surface area is 95.5 Å². The van der Waals surface area contributed by atoms with Crippen LogP contribution >= 0.6 is 15.9 Å². The van der Waals surface area contributed by atoms with Gasteiger partial charge in [-0.15, -0.1) is 0 Å². The molecule has 0 saturated carbocycles. The third kappa shape index (κ3) is 1.70. The van der Waals surface area contributed by atoms with Gasteiger partial charge in [0, 0.05) is 22.6 Å². The molecule has 2 rings (SSSR count). The van der Waals surface area contributed by atoms with Gasteiger partial charge in [-0.2, -0.15) is 5.10 Å². The number of phenolic OH excluding ortho intramolecular Hbond substituents is 1. The maximum Gasteiger partial charge on any atom is 0.129 e. The average molecular weight is 268 g/mol. The lowest BCUT2D eigenvalue weighted by atomic mass is 10.1. The van der Waals surface area contributed by atoms with Gasteiger partial charge in [-0.3, -0.25) is 4.68 Å². The van der Waals surface area contributed by atoms with Crippen molar-refractivity contribution in [1.82, 2.24) is 9.78 Å². The lowest BCUT2D eigenvalue weighted by Crippen LogP contribution is -1.98. The molecule has 78 valence electrons. The van der Waals surface area contributed by atoms with Gasteiger partial charge in [0.2, 0.25) is 0 Å². The minimum Gasteiger partial charge on any atom is -0.508 e. The number of hydrogen-bond acceptors (Lipinski definition) is 3. The highest BCUT2D eigenvalue weighted by Gasteiger charge is 2.10. The molecule has 15 heavy (non-hydrogen) atoms. The third-order valence-electron chi connectivity index (χ3n) is 2.23. The quantitative estimate of drug-likeness (QED) is 0.832. The van der Waals surface area contributed by atoms with E-state index in [0.717, 1.165) is 15.6 Å². The molecule has 0 aliphatic carbocycles. The summed E-state index contributed by atoms with van der Waals surface area (Å²) in [4.78, 5) is 0. The SMILES string of the molecule is Cn1ncc(-c2ccc(O)cc2Br)c1N. The van der Waals surface area contributed by atoms with Crippen LogP contribution in [0.3, 0.4) is 0 Å². The number of hydrogen-bond donors (Lipinski definition) is 2. The summed E-state index contributed by atoms with van der Waals surface area (Å²) in [5, 5.41) is 13.3. The van der Waals surface area contributed by atoms with Gasteiger partial charge in [0.15, 0.2) is 0 Å². The van der Waals surface area contributed by atoms with Crippen LogP contribution in [0.5, 0.6) is 5.75 Å². The summed E-state index contributed by atoms with van der Waals surface area (Å²) in [6, 6.07) is 5.04. The minimum absolute atomic E-state index is 0.216. The van der Waals surface area contributed by atoms with Crippen molar-refractivity contribution in [2.24, 2.45) is 7.05 Å². The maximum absolute atomic E-state index is 9.28. The molecule has 0 aliphatic rings. The number of phenols is 1. The first-order valence-electron chi connectivity index (χ1n) is 4.36. The van der Waals surface area contributed by atoms with E-state index in [2.05, 4.69) is 21.0 Å². The number of anilines is 1. The number of halogens is 1. The van der Waals surface area contributed by atoms with E-state index in [1.54, 1.807) is 36.1 Å². The Kier molecular flexibility index (Phi) is 2.40. The predicted molar refractivity (Wildman–Crippen MR) is 62.4 cm³/mol. The van der Waals surface area contributed by atoms with E-state index < -0.39 is 0 Å². The predicted octanol–water partition coefficient (Wildman–Crippen LogP) is 2.14. The smallest absolute Gasteiger partial charge is 0.129 e. The molecule has 0 aliphatic heterocycles. The summed E-state index contributed by atoms with van der Waals surface area (Å²) >= 11 is 3.37. The van der Waals surface area contributed by atoms with Gasteiger partial charge in [-0.25, -0.2) is 0 Å². The molecule has 0 atom stereocenters. The van der Waals surface area contributed by atoms with E-state index in [0.29, 0.717) is 5.82 Å². The van der Waals surface area contributed by atoms with Crippen molar-refractivity contribution in [1.29, 1.82) is 0 Å². The Morgan fingerprint density at radius 1 is 1.40 bits per heavy atom. The summed E-state index contributed by atoms with van der Waals surface area (Å²) in [5.74, 6) is 0.814. The van der Waals surface area contributed by atoms with Crippen LogP contribution in [-0.4, -0.2) is 14.9 Å². The highest BCUT2D eigenvalue weighted by molar-refractivity contribution is 9.10. The molecule has 0 spiro atoms. The van der Waals surface area contributed by atoms with Gasteiger partial charge < -0.3 is 10.8 Å². The van der Waals surface area contributed by atoms with E-state index >= 15 is 0 Å². The van der Waals surface area contributed by atoms with Crippen molar-refractivity contribution in [3.8, 4) is 16.9 Å². The fourth-order valence-electron chi connectivity index (χ4n) is 1.38. The Balaban J connectivity index is 2.59. The number of rotatable bonds is 1. The normalized spacial score (nSPS) is 10.5. The molecule has 1 aromatic carbocycles. The lowest BCUT2D eigenvalue weighted by molar-refractivity contribution is 0.475. The van der Waals surface area contributed by atoms with Crippen LogP contribution in [-0.2, 0) is 7.05 Å². The Bertz CT molecular complexity index is 507. The molecule has 0 amide bonds. The van der Waals surface area contributed by atoms with Gasteiger partial charge in [0.05, 0.1) is 6.20 Å². The number of aryl methyl sites for hydroxylation is 1. The van der Waals surface area contributed by atoms with Gasteiger partial charge in [0.25, 0.3) is 0 Å². The summed E-state index contributed by atoms with van der Waals surface area (Å²) in [7, 11) is 1.78. The number of aromatic hydroxyl groups is 1. The first-order chi connectivity index (χ1) is 7.09. The molecular formula is C10H10BrN3O. The van der Waals surface area contributed by atoms with E-state index in [1.807, 2.05) is 0 Å². The van der Waals surface area contributed by atoms with Crippen molar-refractivity contribution < 1.29 is 5.11 Å². The largest absolute Gasteiger partial charge is 0.508 e. The van der Waals surface area contributed by atoms with Crippen molar-refractivity contribution in [2.45, 2.75) is 0 Å². The summed E-state index contributed by atoms with van der Waals surface area (Å²) in [6.45, 7) is 0. The molecule has 0 radical (unpaired) electrons. The molecule has 1 aromatic heterocycles. The van der Waals surface area contributed by atoms with Crippen LogP contribution in [0, 0.1) is 0 Å². The zero-order valence-corrected chi connectivity index (χ0v) is 9.69. The van der Waals surface area contributed by atoms with E-state index in [-0.39, 0.29) is 5.75 Å². The number of nitrogen functional groups attached to an aromatic ring is 1. The van der Waals surface area contributed by atoms with Crippen molar-refractivity contribution >= 4 is 21.7 Å². The third-order valence-corrected chi connectivity index (χ3v) is 2.88. The van der Waals surface area contributed by atoms with Gasteiger partial charge in [-0.1, -0.05) is 15.9 Å². The van der Waals surface area contributed by atoms with Crippen LogP contribution in [0.15, 0.2) is 28.9 Å². The van der Waals surface area contributed by atoms with E-state index in [1.165, 1.54) is 0 Å². The fraction of sp³-hybridized carbons (Fsp3) is 0.100.